The first-order chi connectivity index (χ1) is 17.5. The molecule has 0 fully saturated rings. The third-order valence-corrected chi connectivity index (χ3v) is 6.79. The maximum atomic E-state index is 12.9. The van der Waals surface area contributed by atoms with Gasteiger partial charge in [0, 0.05) is 21.2 Å². The molecule has 0 aliphatic rings. The molecule has 0 atom stereocenters. The van der Waals surface area contributed by atoms with E-state index in [9.17, 15) is 9.59 Å². The molecule has 0 bridgehead atoms. The van der Waals surface area contributed by atoms with E-state index in [4.69, 9.17) is 30.5 Å². The van der Waals surface area contributed by atoms with Gasteiger partial charge >= 0.3 is 5.97 Å². The quantitative estimate of drug-likeness (QED) is 0.140. The van der Waals surface area contributed by atoms with Gasteiger partial charge in [0.05, 0.1) is 32.6 Å². The molecule has 0 aliphatic carbocycles. The Bertz CT molecular complexity index is 1440. The Morgan fingerprint density at radius 3 is 2.25 bits per heavy atom. The van der Waals surface area contributed by atoms with E-state index >= 15 is 0 Å². The Morgan fingerprint density at radius 1 is 0.917 bits per heavy atom. The third kappa shape index (κ3) is 5.12. The zero-order chi connectivity index (χ0) is 25.7. The minimum Gasteiger partial charge on any atom is -0.493 e. The van der Waals surface area contributed by atoms with Crippen LogP contribution in [0.1, 0.15) is 25.6 Å². The van der Waals surface area contributed by atoms with E-state index in [-0.39, 0.29) is 11.3 Å². The van der Waals surface area contributed by atoms with Crippen molar-refractivity contribution >= 4 is 51.1 Å². The summed E-state index contributed by atoms with van der Waals surface area (Å²) >= 11 is 7.67. The average molecular weight is 525 g/mol. The summed E-state index contributed by atoms with van der Waals surface area (Å²) in [6.45, 7) is 0. The average Bonchev–Trinajstić information content (AvgIpc) is 3.25. The Kier molecular flexibility index (Phi) is 7.72. The maximum absolute atomic E-state index is 12.9. The van der Waals surface area contributed by atoms with Crippen molar-refractivity contribution < 1.29 is 28.5 Å². The van der Waals surface area contributed by atoms with Crippen molar-refractivity contribution in [2.45, 2.75) is 0 Å². The second kappa shape index (κ2) is 11.1. The van der Waals surface area contributed by atoms with Gasteiger partial charge in [-0.25, -0.2) is 10.2 Å². The Balaban J connectivity index is 1.51. The van der Waals surface area contributed by atoms with Crippen molar-refractivity contribution in [3.63, 3.8) is 0 Å². The summed E-state index contributed by atoms with van der Waals surface area (Å²) in [5.74, 6) is 0.225. The normalized spacial score (nSPS) is 10.9. The van der Waals surface area contributed by atoms with Gasteiger partial charge in [-0.3, -0.25) is 4.79 Å². The van der Waals surface area contributed by atoms with Crippen LogP contribution in [-0.2, 0) is 0 Å². The monoisotopic (exact) mass is 524 g/mol. The summed E-state index contributed by atoms with van der Waals surface area (Å²) in [7, 11) is 4.39. The number of methoxy groups -OCH3 is 3. The smallest absolute Gasteiger partial charge is 0.355 e. The number of thiophene rings is 1. The van der Waals surface area contributed by atoms with Crippen LogP contribution in [0, 0.1) is 0 Å². The summed E-state index contributed by atoms with van der Waals surface area (Å²) in [6.07, 6.45) is 1.38. The number of carbonyl (C=O) groups excluding carboxylic acids is 2. The highest BCUT2D eigenvalue weighted by molar-refractivity contribution is 7.21. The fourth-order valence-electron chi connectivity index (χ4n) is 3.41. The first-order valence-electron chi connectivity index (χ1n) is 10.6. The van der Waals surface area contributed by atoms with E-state index in [1.807, 2.05) is 24.3 Å². The highest BCUT2D eigenvalue weighted by atomic mass is 35.5. The van der Waals surface area contributed by atoms with Crippen molar-refractivity contribution in [2.24, 2.45) is 5.10 Å². The van der Waals surface area contributed by atoms with Crippen LogP contribution in [0.2, 0.25) is 5.02 Å². The number of nitrogens with zero attached hydrogens (tertiary/aromatic N) is 1. The van der Waals surface area contributed by atoms with Gasteiger partial charge in [0.1, 0.15) is 10.6 Å². The third-order valence-electron chi connectivity index (χ3n) is 5.14. The molecule has 0 saturated heterocycles. The topological polar surface area (TPSA) is 95.5 Å². The molecule has 4 aromatic rings. The van der Waals surface area contributed by atoms with Crippen LogP contribution in [-0.4, -0.2) is 39.4 Å². The molecule has 8 nitrogen and oxygen atoms in total. The lowest BCUT2D eigenvalue weighted by Crippen LogP contribution is -2.18. The number of fused-ring (bicyclic) bond motifs is 1. The molecule has 184 valence electrons. The zero-order valence-corrected chi connectivity index (χ0v) is 21.1. The number of carbonyl (C=O) groups is 2. The molecular weight excluding hydrogens is 504 g/mol. The predicted molar refractivity (Wildman–Crippen MR) is 139 cm³/mol. The van der Waals surface area contributed by atoms with E-state index < -0.39 is 11.9 Å². The summed E-state index contributed by atoms with van der Waals surface area (Å²) in [5, 5.41) is 5.16. The molecule has 1 aromatic heterocycles. The first-order valence-corrected chi connectivity index (χ1v) is 11.8. The van der Waals surface area contributed by atoms with Crippen LogP contribution >= 0.6 is 22.9 Å². The number of hydrogen-bond acceptors (Lipinski definition) is 8. The lowest BCUT2D eigenvalue weighted by atomic mass is 10.1. The minimum absolute atomic E-state index is 0.251. The van der Waals surface area contributed by atoms with E-state index in [0.717, 1.165) is 10.1 Å². The van der Waals surface area contributed by atoms with Gasteiger partial charge in [0.25, 0.3) is 5.91 Å². The summed E-state index contributed by atoms with van der Waals surface area (Å²) in [5.41, 5.74) is 3.18. The number of amides is 1. The van der Waals surface area contributed by atoms with Gasteiger partial charge in [-0.05, 0) is 30.3 Å². The predicted octanol–water partition coefficient (Wildman–Crippen LogP) is 5.56. The highest BCUT2D eigenvalue weighted by Gasteiger charge is 2.20. The van der Waals surface area contributed by atoms with Crippen LogP contribution in [0.3, 0.4) is 0 Å². The molecule has 0 aliphatic heterocycles. The maximum Gasteiger partial charge on any atom is 0.355 e. The van der Waals surface area contributed by atoms with Gasteiger partial charge in [-0.15, -0.1) is 11.3 Å². The van der Waals surface area contributed by atoms with Crippen molar-refractivity contribution in [3.05, 3.63) is 81.7 Å². The van der Waals surface area contributed by atoms with Crippen LogP contribution in [0.25, 0.3) is 10.1 Å². The number of esters is 1. The molecule has 4 rings (SSSR count). The van der Waals surface area contributed by atoms with Crippen molar-refractivity contribution in [1.82, 2.24) is 5.43 Å². The molecule has 0 spiro atoms. The van der Waals surface area contributed by atoms with E-state index in [1.54, 1.807) is 24.3 Å². The summed E-state index contributed by atoms with van der Waals surface area (Å²) < 4.78 is 22.3. The SMILES string of the molecule is COc1cc(C(=O)N/N=C\c2ccccc2OC(=O)c2sc3ccccc3c2Cl)cc(OC)c1OC. The lowest BCUT2D eigenvalue weighted by Gasteiger charge is -2.13. The molecule has 10 heteroatoms. The van der Waals surface area contributed by atoms with Gasteiger partial charge in [-0.1, -0.05) is 41.9 Å². The van der Waals surface area contributed by atoms with Crippen molar-refractivity contribution in [3.8, 4) is 23.0 Å². The number of hydrogen-bond donors (Lipinski definition) is 1. The molecule has 1 N–H and O–H groups in total. The standard InChI is InChI=1S/C26H21ClN2O6S/c1-32-19-12-16(13-20(33-2)23(19)34-3)25(30)29-28-14-15-8-4-6-10-18(15)35-26(31)24-22(27)17-9-5-7-11-21(17)36-24/h4-14H,1-3H3,(H,29,30)/b28-14-. The van der Waals surface area contributed by atoms with Crippen molar-refractivity contribution in [2.75, 3.05) is 21.3 Å². The number of benzene rings is 3. The molecule has 3 aromatic carbocycles. The van der Waals surface area contributed by atoms with E-state index in [1.165, 1.54) is 51.0 Å². The number of ether oxygens (including phenoxy) is 4. The zero-order valence-electron chi connectivity index (χ0n) is 19.5. The number of rotatable bonds is 8. The van der Waals surface area contributed by atoms with Crippen molar-refractivity contribution in [1.29, 1.82) is 0 Å². The minimum atomic E-state index is -0.580. The van der Waals surface area contributed by atoms with Gasteiger partial charge in [0.15, 0.2) is 11.5 Å². The molecule has 0 radical (unpaired) electrons. The Hall–Kier alpha value is -4.08. The summed E-state index contributed by atoms with van der Waals surface area (Å²) in [4.78, 5) is 25.8. The number of nitrogens with one attached hydrogen (secondary N) is 1. The van der Waals surface area contributed by atoms with Crippen LogP contribution in [0.4, 0.5) is 0 Å². The largest absolute Gasteiger partial charge is 0.493 e. The second-order valence-corrected chi connectivity index (χ2v) is 8.71. The number of para-hydroxylation sites is 1. The molecule has 0 unspecified atom stereocenters. The Labute approximate surface area is 216 Å². The second-order valence-electron chi connectivity index (χ2n) is 7.28. The van der Waals surface area contributed by atoms with E-state index in [2.05, 4.69) is 10.5 Å². The highest BCUT2D eigenvalue weighted by Crippen LogP contribution is 2.38. The van der Waals surface area contributed by atoms with Gasteiger partial charge < -0.3 is 18.9 Å². The van der Waals surface area contributed by atoms with Gasteiger partial charge in [0.2, 0.25) is 5.75 Å². The fourth-order valence-corrected chi connectivity index (χ4v) is 4.79. The van der Waals surface area contributed by atoms with Crippen LogP contribution in [0.5, 0.6) is 23.0 Å². The molecule has 0 saturated carbocycles. The van der Waals surface area contributed by atoms with E-state index in [0.29, 0.717) is 32.7 Å². The number of hydrazone groups is 1. The lowest BCUT2D eigenvalue weighted by molar-refractivity contribution is 0.0739. The van der Waals surface area contributed by atoms with Crippen LogP contribution < -0.4 is 24.4 Å². The first kappa shape index (κ1) is 25.0. The molecular formula is C26H21ClN2O6S. The molecule has 1 heterocycles. The fraction of sp³-hybridized carbons (Fsp3) is 0.115. The van der Waals surface area contributed by atoms with Crippen LogP contribution in [0.15, 0.2) is 65.8 Å². The number of halogens is 1. The molecule has 36 heavy (non-hydrogen) atoms. The molecule has 1 amide bonds. The van der Waals surface area contributed by atoms with Gasteiger partial charge in [-0.2, -0.15) is 5.10 Å². The Morgan fingerprint density at radius 2 is 1.58 bits per heavy atom. The summed E-state index contributed by atoms with van der Waals surface area (Å²) in [6, 6.07) is 17.3.